The molecule has 2 aromatic carbocycles. The Balaban J connectivity index is 0. The van der Waals surface area contributed by atoms with Gasteiger partial charge in [-0.25, -0.2) is 0 Å². The Morgan fingerprint density at radius 3 is 1.96 bits per heavy atom. The Morgan fingerprint density at radius 1 is 0.857 bits per heavy atom. The lowest BCUT2D eigenvalue weighted by molar-refractivity contribution is -0.134. The normalized spacial score (nSPS) is 18.4. The molecular formula is C30H48Cl4N8O7. The SMILES string of the molecule is Cl.Cl.Cl.Cl.NCCC[C@@H]1NC(=O)[C@@H](N)Cc2cc(ccc2O)-c2ccc(O)c(c2)C[C@@H](C(=O)N[C@@H](C[C@@H](O)CN)C(=O)NCCN)NC1=O. The number of carbonyl (C=O) groups is 4. The number of phenolic OH excluding ortho intramolecular Hbond substituents is 2. The number of hydrogen-bond acceptors (Lipinski definition) is 11. The van der Waals surface area contributed by atoms with Crippen LogP contribution in [0.3, 0.4) is 0 Å². The summed E-state index contributed by atoms with van der Waals surface area (Å²) in [5, 5.41) is 41.8. The molecule has 4 bridgehead atoms. The van der Waals surface area contributed by atoms with Gasteiger partial charge in [0.25, 0.3) is 0 Å². The molecule has 278 valence electrons. The van der Waals surface area contributed by atoms with Crippen molar-refractivity contribution >= 4 is 73.3 Å². The van der Waals surface area contributed by atoms with E-state index in [0.29, 0.717) is 28.7 Å². The van der Waals surface area contributed by atoms with Crippen LogP contribution in [-0.2, 0) is 32.0 Å². The molecule has 2 aromatic rings. The molecule has 0 saturated carbocycles. The highest BCUT2D eigenvalue weighted by Crippen LogP contribution is 2.31. The average molecular weight is 775 g/mol. The molecule has 1 heterocycles. The maximum absolute atomic E-state index is 13.7. The van der Waals surface area contributed by atoms with Crippen molar-refractivity contribution in [2.75, 3.05) is 26.2 Å². The van der Waals surface area contributed by atoms with E-state index in [1.807, 2.05) is 0 Å². The summed E-state index contributed by atoms with van der Waals surface area (Å²) in [6.45, 7) is 0.317. The molecule has 0 spiro atoms. The monoisotopic (exact) mass is 772 g/mol. The van der Waals surface area contributed by atoms with Crippen LogP contribution in [0.1, 0.15) is 30.4 Å². The Bertz CT molecular complexity index is 1380. The molecule has 15 nitrogen and oxygen atoms in total. The number of nitrogens with two attached hydrogens (primary N) is 4. The molecule has 0 radical (unpaired) electrons. The van der Waals surface area contributed by atoms with Crippen LogP contribution in [-0.4, -0.2) is 95.4 Å². The number of nitrogens with one attached hydrogen (secondary N) is 4. The van der Waals surface area contributed by atoms with Crippen LogP contribution in [0.4, 0.5) is 0 Å². The Labute approximate surface area is 309 Å². The number of aliphatic hydroxyl groups excluding tert-OH is 1. The molecule has 19 heteroatoms. The minimum absolute atomic E-state index is 0. The molecule has 15 N–H and O–H groups in total. The van der Waals surface area contributed by atoms with Crippen molar-refractivity contribution in [3.05, 3.63) is 47.5 Å². The van der Waals surface area contributed by atoms with E-state index in [0.717, 1.165) is 0 Å². The van der Waals surface area contributed by atoms with Gasteiger partial charge in [0.15, 0.2) is 0 Å². The van der Waals surface area contributed by atoms with Crippen LogP contribution in [0, 0.1) is 0 Å². The molecule has 0 aromatic heterocycles. The fourth-order valence-corrected chi connectivity index (χ4v) is 4.95. The summed E-state index contributed by atoms with van der Waals surface area (Å²) in [6, 6.07) is 4.69. The Hall–Kier alpha value is -3.12. The second-order valence-corrected chi connectivity index (χ2v) is 11.0. The highest BCUT2D eigenvalue weighted by molar-refractivity contribution is 5.95. The molecule has 4 amide bonds. The number of carbonyl (C=O) groups excluding carboxylic acids is 4. The summed E-state index contributed by atoms with van der Waals surface area (Å²) in [5.41, 5.74) is 24.8. The summed E-state index contributed by atoms with van der Waals surface area (Å²) in [5.74, 6) is -2.99. The largest absolute Gasteiger partial charge is 0.508 e. The van der Waals surface area contributed by atoms with Crippen molar-refractivity contribution in [2.45, 2.75) is 62.4 Å². The van der Waals surface area contributed by atoms with Gasteiger partial charge in [0, 0.05) is 38.9 Å². The summed E-state index contributed by atoms with van der Waals surface area (Å²) in [6.07, 6.45) is -1.08. The van der Waals surface area contributed by atoms with Crippen molar-refractivity contribution in [3.8, 4) is 22.6 Å². The molecule has 5 atom stereocenters. The Morgan fingerprint density at radius 2 is 1.43 bits per heavy atom. The van der Waals surface area contributed by atoms with Crippen LogP contribution < -0.4 is 44.2 Å². The third kappa shape index (κ3) is 14.0. The molecule has 49 heavy (non-hydrogen) atoms. The molecule has 0 saturated heterocycles. The molecule has 1 aliphatic rings. The van der Waals surface area contributed by atoms with Gasteiger partial charge < -0.3 is 59.5 Å². The van der Waals surface area contributed by atoms with E-state index in [4.69, 9.17) is 22.9 Å². The van der Waals surface area contributed by atoms with E-state index in [2.05, 4.69) is 21.3 Å². The number of aliphatic hydroxyl groups is 1. The zero-order chi connectivity index (χ0) is 33.1. The van der Waals surface area contributed by atoms with Gasteiger partial charge in [-0.1, -0.05) is 12.1 Å². The molecule has 0 aliphatic carbocycles. The summed E-state index contributed by atoms with van der Waals surface area (Å²) >= 11 is 0. The van der Waals surface area contributed by atoms with Gasteiger partial charge in [0.1, 0.15) is 29.6 Å². The predicted octanol–water partition coefficient (Wildman–Crippen LogP) is -1.14. The van der Waals surface area contributed by atoms with Crippen molar-refractivity contribution < 1.29 is 34.5 Å². The first-order chi connectivity index (χ1) is 21.5. The number of amides is 4. The van der Waals surface area contributed by atoms with E-state index >= 15 is 0 Å². The van der Waals surface area contributed by atoms with E-state index in [1.165, 1.54) is 12.1 Å². The van der Waals surface area contributed by atoms with E-state index in [-0.39, 0.29) is 113 Å². The maximum atomic E-state index is 13.7. The van der Waals surface area contributed by atoms with Crippen molar-refractivity contribution in [3.63, 3.8) is 0 Å². The Kier molecular flexibility index (Phi) is 22.8. The average Bonchev–Trinajstić information content (AvgIpc) is 3.02. The summed E-state index contributed by atoms with van der Waals surface area (Å²) in [4.78, 5) is 53.3. The van der Waals surface area contributed by atoms with Gasteiger partial charge in [-0.05, 0) is 65.9 Å². The minimum atomic E-state index is -1.34. The number of hydrogen-bond donors (Lipinski definition) is 11. The quantitative estimate of drug-likeness (QED) is 0.130. The zero-order valence-electron chi connectivity index (χ0n) is 26.6. The number of fused-ring (bicyclic) bond motifs is 5. The lowest BCUT2D eigenvalue weighted by Crippen LogP contribution is -2.59. The van der Waals surface area contributed by atoms with Crippen LogP contribution in [0.2, 0.25) is 0 Å². The standard InChI is InChI=1S/C30H44N8O7.4ClH/c31-7-1-2-22-29(44)37-23(30(45)38-24(14-20(39)15-33)28(43)35-9-8-32)13-19-11-17(4-6-26(19)41)16-3-5-25(40)18(10-16)12-21(34)27(42)36-22;;;;/h3-6,10-11,20-24,39-41H,1-2,7-9,12-15,31-34H2,(H,35,43)(H,36,42)(H,37,44)(H,38,45);4*1H/t20-,21+,22+,23+,24+;;;;/m1..../s1. The van der Waals surface area contributed by atoms with Gasteiger partial charge in [-0.2, -0.15) is 0 Å². The van der Waals surface area contributed by atoms with Crippen LogP contribution in [0.5, 0.6) is 11.5 Å². The van der Waals surface area contributed by atoms with E-state index < -0.39 is 53.9 Å². The molecule has 0 fully saturated rings. The van der Waals surface area contributed by atoms with Crippen molar-refractivity contribution in [1.29, 1.82) is 0 Å². The number of aromatic hydroxyl groups is 2. The fourth-order valence-electron chi connectivity index (χ4n) is 4.95. The first-order valence-corrected chi connectivity index (χ1v) is 14.8. The van der Waals surface area contributed by atoms with Gasteiger partial charge in [0.05, 0.1) is 12.1 Å². The van der Waals surface area contributed by atoms with Gasteiger partial charge in [0.2, 0.25) is 23.6 Å². The van der Waals surface area contributed by atoms with Gasteiger partial charge >= 0.3 is 0 Å². The van der Waals surface area contributed by atoms with Gasteiger partial charge in [-0.3, -0.25) is 19.2 Å². The second kappa shape index (κ2) is 23.3. The maximum Gasteiger partial charge on any atom is 0.243 e. The molecule has 3 rings (SSSR count). The predicted molar refractivity (Wildman–Crippen MR) is 195 cm³/mol. The number of phenols is 2. The van der Waals surface area contributed by atoms with Gasteiger partial charge in [-0.15, -0.1) is 49.6 Å². The second-order valence-electron chi connectivity index (χ2n) is 11.0. The van der Waals surface area contributed by atoms with Crippen LogP contribution in [0.15, 0.2) is 36.4 Å². The molecule has 0 unspecified atom stereocenters. The first-order valence-electron chi connectivity index (χ1n) is 14.8. The van der Waals surface area contributed by atoms with Crippen molar-refractivity contribution in [1.82, 2.24) is 21.3 Å². The number of halogens is 4. The van der Waals surface area contributed by atoms with E-state index in [9.17, 15) is 34.5 Å². The first kappa shape index (κ1) is 48.0. The topological polar surface area (TPSA) is 281 Å². The van der Waals surface area contributed by atoms with E-state index in [1.54, 1.807) is 24.3 Å². The number of benzene rings is 2. The summed E-state index contributed by atoms with van der Waals surface area (Å²) < 4.78 is 0. The summed E-state index contributed by atoms with van der Waals surface area (Å²) in [7, 11) is 0. The zero-order valence-corrected chi connectivity index (χ0v) is 29.9. The van der Waals surface area contributed by atoms with Crippen LogP contribution in [0.25, 0.3) is 11.1 Å². The smallest absolute Gasteiger partial charge is 0.243 e. The minimum Gasteiger partial charge on any atom is -0.508 e. The molecular weight excluding hydrogens is 726 g/mol. The lowest BCUT2D eigenvalue weighted by Gasteiger charge is -2.27. The molecule has 1 aliphatic heterocycles. The fraction of sp³-hybridized carbons (Fsp3) is 0.467. The highest BCUT2D eigenvalue weighted by atomic mass is 35.5. The lowest BCUT2D eigenvalue weighted by atomic mass is 9.95. The van der Waals surface area contributed by atoms with Crippen LogP contribution >= 0.6 is 49.6 Å². The third-order valence-corrected chi connectivity index (χ3v) is 7.51. The van der Waals surface area contributed by atoms with Crippen molar-refractivity contribution in [2.24, 2.45) is 22.9 Å². The number of rotatable bonds is 11. The highest BCUT2D eigenvalue weighted by Gasteiger charge is 2.32. The third-order valence-electron chi connectivity index (χ3n) is 7.51.